The highest BCUT2D eigenvalue weighted by Crippen LogP contribution is 2.35. The van der Waals surface area contributed by atoms with Gasteiger partial charge < -0.3 is 14.5 Å². The van der Waals surface area contributed by atoms with E-state index in [0.29, 0.717) is 17.6 Å². The first-order valence-electron chi connectivity index (χ1n) is 8.70. The molecule has 0 aliphatic carbocycles. The van der Waals surface area contributed by atoms with Crippen LogP contribution in [0.4, 0.5) is 0 Å². The molecule has 0 radical (unpaired) electrons. The zero-order valence-electron chi connectivity index (χ0n) is 15.3. The molecule has 5 nitrogen and oxygen atoms in total. The fourth-order valence-electron chi connectivity index (χ4n) is 2.67. The molecule has 0 fully saturated rings. The van der Waals surface area contributed by atoms with Gasteiger partial charge in [0.1, 0.15) is 5.69 Å². The van der Waals surface area contributed by atoms with Crippen LogP contribution in [0.2, 0.25) is 0 Å². The molecule has 0 aliphatic rings. The van der Waals surface area contributed by atoms with Crippen molar-refractivity contribution in [3.8, 4) is 22.6 Å². The van der Waals surface area contributed by atoms with Crippen molar-refractivity contribution in [1.82, 2.24) is 10.3 Å². The molecule has 0 unspecified atom stereocenters. The van der Waals surface area contributed by atoms with Crippen molar-refractivity contribution in [3.05, 3.63) is 60.7 Å². The van der Waals surface area contributed by atoms with Crippen LogP contribution in [0, 0.1) is 0 Å². The predicted molar refractivity (Wildman–Crippen MR) is 108 cm³/mol. The molecular weight excluding hydrogens is 360 g/mol. The summed E-state index contributed by atoms with van der Waals surface area (Å²) in [6.07, 6.45) is 0. The number of oxazole rings is 1. The Hall–Kier alpha value is -2.57. The summed E-state index contributed by atoms with van der Waals surface area (Å²) >= 11 is 1.28. The smallest absolute Gasteiger partial charge is 0.257 e. The second-order valence-corrected chi connectivity index (χ2v) is 7.03. The van der Waals surface area contributed by atoms with Crippen molar-refractivity contribution in [2.75, 3.05) is 19.5 Å². The van der Waals surface area contributed by atoms with Crippen LogP contribution < -0.4 is 5.32 Å². The van der Waals surface area contributed by atoms with Gasteiger partial charge in [0, 0.05) is 24.3 Å². The Labute approximate surface area is 163 Å². The second-order valence-electron chi connectivity index (χ2n) is 6.10. The zero-order chi connectivity index (χ0) is 19.1. The van der Waals surface area contributed by atoms with Gasteiger partial charge in [0.05, 0.1) is 12.4 Å². The monoisotopic (exact) mass is 382 g/mol. The number of hydrogen-bond acceptors (Lipinski definition) is 5. The van der Waals surface area contributed by atoms with Gasteiger partial charge in [-0.15, -0.1) is 0 Å². The minimum absolute atomic E-state index is 0.0348. The first-order valence-corrected chi connectivity index (χ1v) is 9.68. The number of nitrogens with one attached hydrogen (secondary N) is 1. The minimum atomic E-state index is -0.0785. The van der Waals surface area contributed by atoms with E-state index in [4.69, 9.17) is 9.15 Å². The van der Waals surface area contributed by atoms with Crippen LogP contribution in [0.1, 0.15) is 6.92 Å². The Morgan fingerprint density at radius 1 is 1.11 bits per heavy atom. The summed E-state index contributed by atoms with van der Waals surface area (Å²) in [7, 11) is 1.61. The van der Waals surface area contributed by atoms with E-state index >= 15 is 0 Å². The van der Waals surface area contributed by atoms with Crippen LogP contribution in [0.3, 0.4) is 0 Å². The summed E-state index contributed by atoms with van der Waals surface area (Å²) in [5, 5.41) is 3.36. The van der Waals surface area contributed by atoms with Crippen molar-refractivity contribution < 1.29 is 13.9 Å². The molecule has 0 saturated carbocycles. The van der Waals surface area contributed by atoms with Crippen LogP contribution in [-0.2, 0) is 9.53 Å². The number of hydrogen-bond donors (Lipinski definition) is 1. The molecule has 0 saturated heterocycles. The molecule has 1 atom stereocenters. The van der Waals surface area contributed by atoms with Gasteiger partial charge in [-0.1, -0.05) is 72.4 Å². The first-order chi connectivity index (χ1) is 13.2. The third-order valence-electron chi connectivity index (χ3n) is 3.84. The van der Waals surface area contributed by atoms with E-state index in [1.165, 1.54) is 11.8 Å². The minimum Gasteiger partial charge on any atom is -0.431 e. The van der Waals surface area contributed by atoms with E-state index in [-0.39, 0.29) is 17.7 Å². The maximum absolute atomic E-state index is 12.1. The van der Waals surface area contributed by atoms with Gasteiger partial charge in [-0.25, -0.2) is 4.98 Å². The Kier molecular flexibility index (Phi) is 6.68. The summed E-state index contributed by atoms with van der Waals surface area (Å²) in [6, 6.07) is 19.7. The van der Waals surface area contributed by atoms with E-state index in [1.807, 2.05) is 67.6 Å². The summed E-state index contributed by atoms with van der Waals surface area (Å²) in [5.41, 5.74) is 2.71. The maximum atomic E-state index is 12.1. The fourth-order valence-corrected chi connectivity index (χ4v) is 3.31. The third kappa shape index (κ3) is 5.21. The molecule has 1 aromatic heterocycles. The van der Waals surface area contributed by atoms with Crippen molar-refractivity contribution in [1.29, 1.82) is 0 Å². The number of thioether (sulfide) groups is 1. The summed E-state index contributed by atoms with van der Waals surface area (Å²) in [4.78, 5) is 16.7. The van der Waals surface area contributed by atoms with Gasteiger partial charge in [0.2, 0.25) is 5.91 Å². The number of aromatic nitrogens is 1. The van der Waals surface area contributed by atoms with E-state index < -0.39 is 0 Å². The molecule has 0 bridgehead atoms. The Morgan fingerprint density at radius 3 is 2.37 bits per heavy atom. The molecule has 0 spiro atoms. The molecule has 1 heterocycles. The maximum Gasteiger partial charge on any atom is 0.257 e. The number of carbonyl (C=O) groups excluding carboxylic acids is 1. The van der Waals surface area contributed by atoms with Crippen LogP contribution >= 0.6 is 11.8 Å². The van der Waals surface area contributed by atoms with Gasteiger partial charge >= 0.3 is 0 Å². The highest BCUT2D eigenvalue weighted by Gasteiger charge is 2.18. The molecule has 1 amide bonds. The normalized spacial score (nSPS) is 11.9. The van der Waals surface area contributed by atoms with Gasteiger partial charge in [-0.05, 0) is 6.92 Å². The quantitative estimate of drug-likeness (QED) is 0.590. The average molecular weight is 382 g/mol. The molecule has 0 aliphatic heterocycles. The van der Waals surface area contributed by atoms with Crippen molar-refractivity contribution in [2.45, 2.75) is 18.2 Å². The zero-order valence-corrected chi connectivity index (χ0v) is 16.2. The Balaban J connectivity index is 1.79. The number of ether oxygens (including phenoxy) is 1. The molecule has 6 heteroatoms. The second kappa shape index (κ2) is 9.39. The summed E-state index contributed by atoms with van der Waals surface area (Å²) in [5.74, 6) is 0.861. The molecule has 3 rings (SSSR count). The summed E-state index contributed by atoms with van der Waals surface area (Å²) in [6.45, 7) is 2.38. The van der Waals surface area contributed by atoms with Crippen LogP contribution in [0.5, 0.6) is 0 Å². The van der Waals surface area contributed by atoms with Gasteiger partial charge in [0.15, 0.2) is 5.76 Å². The van der Waals surface area contributed by atoms with Crippen LogP contribution in [0.15, 0.2) is 70.3 Å². The number of nitrogens with zero attached hydrogens (tertiary/aromatic N) is 1. The number of carbonyl (C=O) groups is 1. The van der Waals surface area contributed by atoms with Crippen molar-refractivity contribution >= 4 is 17.7 Å². The average Bonchev–Trinajstić information content (AvgIpc) is 3.12. The lowest BCUT2D eigenvalue weighted by molar-refractivity contribution is -0.119. The molecule has 3 aromatic rings. The lowest BCUT2D eigenvalue weighted by Crippen LogP contribution is -2.36. The number of rotatable bonds is 8. The van der Waals surface area contributed by atoms with Gasteiger partial charge in [0.25, 0.3) is 5.22 Å². The molecule has 27 heavy (non-hydrogen) atoms. The van der Waals surface area contributed by atoms with Crippen molar-refractivity contribution in [3.63, 3.8) is 0 Å². The lowest BCUT2D eigenvalue weighted by atomic mass is 10.1. The highest BCUT2D eigenvalue weighted by molar-refractivity contribution is 7.99. The van der Waals surface area contributed by atoms with E-state index in [0.717, 1.165) is 16.8 Å². The van der Waals surface area contributed by atoms with Gasteiger partial charge in [-0.2, -0.15) is 0 Å². The molecule has 2 aromatic carbocycles. The van der Waals surface area contributed by atoms with E-state index in [9.17, 15) is 4.79 Å². The highest BCUT2D eigenvalue weighted by atomic mass is 32.2. The Bertz CT molecular complexity index is 809. The largest absolute Gasteiger partial charge is 0.431 e. The van der Waals surface area contributed by atoms with Crippen LogP contribution in [0.25, 0.3) is 22.6 Å². The summed E-state index contributed by atoms with van der Waals surface area (Å²) < 4.78 is 11.0. The number of methoxy groups -OCH3 is 1. The predicted octanol–water partition coefficient (Wildman–Crippen LogP) is 4.25. The van der Waals surface area contributed by atoms with Crippen molar-refractivity contribution in [2.24, 2.45) is 0 Å². The number of benzene rings is 2. The molecule has 140 valence electrons. The van der Waals surface area contributed by atoms with Crippen LogP contribution in [-0.4, -0.2) is 36.4 Å². The fraction of sp³-hybridized carbons (Fsp3) is 0.238. The molecular formula is C21H22N2O3S. The van der Waals surface area contributed by atoms with Gasteiger partial charge in [-0.3, -0.25) is 4.79 Å². The first kappa shape index (κ1) is 19.2. The molecule has 1 N–H and O–H groups in total. The van der Waals surface area contributed by atoms with E-state index in [1.54, 1.807) is 7.11 Å². The SMILES string of the molecule is COC[C@@H](C)NC(=O)CSc1nc(-c2ccccc2)c(-c2ccccc2)o1. The Morgan fingerprint density at radius 2 is 1.74 bits per heavy atom. The van der Waals surface area contributed by atoms with E-state index in [2.05, 4.69) is 10.3 Å². The number of amides is 1. The lowest BCUT2D eigenvalue weighted by Gasteiger charge is -2.11. The third-order valence-corrected chi connectivity index (χ3v) is 4.67. The standard InChI is InChI=1S/C21H22N2O3S/c1-15(13-25-2)22-18(24)14-27-21-23-19(16-9-5-3-6-10-16)20(26-21)17-11-7-4-8-12-17/h3-12,15H,13-14H2,1-2H3,(H,22,24)/t15-/m1/s1. The topological polar surface area (TPSA) is 64.4 Å².